The van der Waals surface area contributed by atoms with Crippen LogP contribution in [0.15, 0.2) is 64.6 Å². The third-order valence-corrected chi connectivity index (χ3v) is 7.65. The minimum Gasteiger partial charge on any atom is -1.00 e. The van der Waals surface area contributed by atoms with Gasteiger partial charge in [0.1, 0.15) is 0 Å². The largest absolute Gasteiger partial charge is 3.00 e. The van der Waals surface area contributed by atoms with Gasteiger partial charge in [0.2, 0.25) is 0 Å². The number of pyridine rings is 1. The fraction of sp³-hybridized carbons (Fsp3) is 0.486. The quantitative estimate of drug-likeness (QED) is 0.211. The van der Waals surface area contributed by atoms with Crippen molar-refractivity contribution in [1.29, 1.82) is 0 Å². The number of aryl methyl sites for hydroxylation is 4. The smallest absolute Gasteiger partial charge is 1.00 e. The number of rotatable bonds is 16. The molecule has 0 bridgehead atoms. The zero-order chi connectivity index (χ0) is 28.7. The van der Waals surface area contributed by atoms with Crippen LogP contribution in [-0.2, 0) is 44.2 Å². The Balaban J connectivity index is 0. The fourth-order valence-corrected chi connectivity index (χ4v) is 5.14. The summed E-state index contributed by atoms with van der Waals surface area (Å²) >= 11 is 0. The van der Waals surface area contributed by atoms with Gasteiger partial charge < -0.3 is 37.2 Å². The molecular formula is C37H51Cl3N3V. The number of nitrogens with zero attached hydrogens (tertiary/aromatic N) is 3. The second-order valence-electron chi connectivity index (χ2n) is 11.1. The van der Waals surface area contributed by atoms with E-state index in [1.807, 2.05) is 0 Å². The summed E-state index contributed by atoms with van der Waals surface area (Å²) in [4.78, 5) is 15.5. The van der Waals surface area contributed by atoms with E-state index >= 15 is 0 Å². The zero-order valence-corrected chi connectivity index (χ0v) is 31.3. The van der Waals surface area contributed by atoms with E-state index in [9.17, 15) is 0 Å². The minimum atomic E-state index is 0. The number of hydrogen-bond acceptors (Lipinski definition) is 3. The molecule has 0 radical (unpaired) electrons. The standard InChI is InChI=1S/C37H51N3.3ClH.V/c1-7-11-18-30-22-15-23-31(19-12-8-2)36(30)38-28(5)34-26-17-27-35(40-34)29(6)39-37-32(20-13-9-3)24-16-25-33(37)21-14-10-4;;;;/h15-17,22-27H,7-14,18-21H2,1-6H3;3*1H;/q;;;;+3/p-3. The number of hydrogen-bond donors (Lipinski definition) is 0. The molecule has 7 heteroatoms. The Morgan fingerprint density at radius 3 is 1.05 bits per heavy atom. The summed E-state index contributed by atoms with van der Waals surface area (Å²) < 4.78 is 0. The van der Waals surface area contributed by atoms with Gasteiger partial charge in [-0.25, -0.2) is 4.98 Å². The molecule has 44 heavy (non-hydrogen) atoms. The number of para-hydroxylation sites is 2. The zero-order valence-electron chi connectivity index (χ0n) is 27.6. The third kappa shape index (κ3) is 13.4. The van der Waals surface area contributed by atoms with Crippen molar-refractivity contribution >= 4 is 22.8 Å². The van der Waals surface area contributed by atoms with E-state index in [1.165, 1.54) is 73.6 Å². The first-order valence-corrected chi connectivity index (χ1v) is 15.8. The SMILES string of the molecule is CCCCc1cccc(CCCC)c1N=C(C)c1cccc(C(C)=Nc2c(CCCC)cccc2CCCC)n1.[Cl-].[Cl-].[Cl-].[V+3]. The van der Waals surface area contributed by atoms with Crippen LogP contribution in [0.2, 0.25) is 0 Å². The normalized spacial score (nSPS) is 11.1. The van der Waals surface area contributed by atoms with E-state index in [0.717, 1.165) is 59.9 Å². The first kappa shape index (κ1) is 44.5. The van der Waals surface area contributed by atoms with Crippen molar-refractivity contribution in [3.8, 4) is 0 Å². The van der Waals surface area contributed by atoms with E-state index in [0.29, 0.717) is 0 Å². The molecule has 3 rings (SSSR count). The van der Waals surface area contributed by atoms with E-state index in [4.69, 9.17) is 15.0 Å². The molecule has 0 saturated carbocycles. The summed E-state index contributed by atoms with van der Waals surface area (Å²) in [6, 6.07) is 19.7. The van der Waals surface area contributed by atoms with Gasteiger partial charge in [-0.1, -0.05) is 95.8 Å². The molecular weight excluding hydrogens is 644 g/mol. The van der Waals surface area contributed by atoms with E-state index < -0.39 is 0 Å². The molecule has 3 nitrogen and oxygen atoms in total. The molecule has 240 valence electrons. The van der Waals surface area contributed by atoms with Crippen LogP contribution in [0.25, 0.3) is 0 Å². The Morgan fingerprint density at radius 1 is 0.500 bits per heavy atom. The van der Waals surface area contributed by atoms with Gasteiger partial charge in [-0.05, 0) is 99.6 Å². The molecule has 1 aromatic heterocycles. The van der Waals surface area contributed by atoms with Crippen LogP contribution in [0.3, 0.4) is 0 Å². The van der Waals surface area contributed by atoms with Gasteiger partial charge in [0.15, 0.2) is 0 Å². The molecule has 0 aliphatic carbocycles. The Morgan fingerprint density at radius 2 is 0.773 bits per heavy atom. The molecule has 1 heterocycles. The molecule has 0 aliphatic heterocycles. The summed E-state index contributed by atoms with van der Waals surface area (Å²) in [6.45, 7) is 13.2. The number of benzene rings is 2. The maximum Gasteiger partial charge on any atom is 3.00 e. The predicted molar refractivity (Wildman–Crippen MR) is 175 cm³/mol. The Bertz CT molecular complexity index is 1140. The number of aromatic nitrogens is 1. The number of halogens is 3. The van der Waals surface area contributed by atoms with Crippen LogP contribution in [0.1, 0.15) is 127 Å². The monoisotopic (exact) mass is 693 g/mol. The van der Waals surface area contributed by atoms with E-state index in [2.05, 4.69) is 96.1 Å². The average Bonchev–Trinajstić information content (AvgIpc) is 2.98. The molecule has 0 atom stereocenters. The molecule has 0 spiro atoms. The number of unbranched alkanes of at least 4 members (excludes halogenated alkanes) is 4. The Labute approximate surface area is 298 Å². The fourth-order valence-electron chi connectivity index (χ4n) is 5.14. The van der Waals surface area contributed by atoms with Gasteiger partial charge >= 0.3 is 18.6 Å². The van der Waals surface area contributed by atoms with Crippen molar-refractivity contribution in [3.63, 3.8) is 0 Å². The molecule has 0 fully saturated rings. The molecule has 0 saturated heterocycles. The molecule has 0 unspecified atom stereocenters. The van der Waals surface area contributed by atoms with Crippen molar-refractivity contribution in [1.82, 2.24) is 4.98 Å². The van der Waals surface area contributed by atoms with Crippen molar-refractivity contribution in [2.24, 2.45) is 9.98 Å². The van der Waals surface area contributed by atoms with Crippen molar-refractivity contribution in [2.75, 3.05) is 0 Å². The van der Waals surface area contributed by atoms with Crippen LogP contribution in [-0.4, -0.2) is 16.4 Å². The molecule has 3 aromatic rings. The van der Waals surface area contributed by atoms with Gasteiger partial charge in [-0.3, -0.25) is 9.98 Å². The van der Waals surface area contributed by atoms with Crippen molar-refractivity contribution in [2.45, 2.75) is 119 Å². The van der Waals surface area contributed by atoms with Gasteiger partial charge in [-0.15, -0.1) is 0 Å². The van der Waals surface area contributed by atoms with Gasteiger partial charge in [0.25, 0.3) is 0 Å². The van der Waals surface area contributed by atoms with E-state index in [1.54, 1.807) is 0 Å². The molecule has 2 aromatic carbocycles. The van der Waals surface area contributed by atoms with Crippen molar-refractivity contribution in [3.05, 3.63) is 88.2 Å². The van der Waals surface area contributed by atoms with E-state index in [-0.39, 0.29) is 55.8 Å². The van der Waals surface area contributed by atoms with Crippen LogP contribution in [0, 0.1) is 0 Å². The van der Waals surface area contributed by atoms with Crippen LogP contribution < -0.4 is 37.2 Å². The van der Waals surface area contributed by atoms with Gasteiger partial charge in [0.05, 0.1) is 34.2 Å². The maximum absolute atomic E-state index is 5.23. The second-order valence-corrected chi connectivity index (χ2v) is 11.1. The van der Waals surface area contributed by atoms with Crippen LogP contribution in [0.4, 0.5) is 11.4 Å². The summed E-state index contributed by atoms with van der Waals surface area (Å²) in [5.41, 5.74) is 11.5. The van der Waals surface area contributed by atoms with Gasteiger partial charge in [0, 0.05) is 0 Å². The molecule has 0 aliphatic rings. The second kappa shape index (κ2) is 24.6. The summed E-state index contributed by atoms with van der Waals surface area (Å²) in [7, 11) is 0. The summed E-state index contributed by atoms with van der Waals surface area (Å²) in [6.07, 6.45) is 13.8. The third-order valence-electron chi connectivity index (χ3n) is 7.65. The topological polar surface area (TPSA) is 37.6 Å². The number of aliphatic imine (C=N–C) groups is 2. The first-order chi connectivity index (χ1) is 19.5. The minimum absolute atomic E-state index is 0. The van der Waals surface area contributed by atoms with Crippen LogP contribution >= 0.6 is 0 Å². The average molecular weight is 695 g/mol. The van der Waals surface area contributed by atoms with Crippen molar-refractivity contribution < 1.29 is 55.8 Å². The predicted octanol–water partition coefficient (Wildman–Crippen LogP) is 1.74. The maximum atomic E-state index is 5.23. The summed E-state index contributed by atoms with van der Waals surface area (Å²) in [5, 5.41) is 0. The first-order valence-electron chi connectivity index (χ1n) is 15.8. The molecule has 0 amide bonds. The Kier molecular flexibility index (Phi) is 24.9. The van der Waals surface area contributed by atoms with Gasteiger partial charge in [-0.2, -0.15) is 0 Å². The van der Waals surface area contributed by atoms with Crippen LogP contribution in [0.5, 0.6) is 0 Å². The molecule has 0 N–H and O–H groups in total. The summed E-state index contributed by atoms with van der Waals surface area (Å²) in [5.74, 6) is 0. The Hall–Kier alpha value is -1.62.